The van der Waals surface area contributed by atoms with Crippen LogP contribution in [0.2, 0.25) is 0 Å². The quantitative estimate of drug-likeness (QED) is 0.477. The summed E-state index contributed by atoms with van der Waals surface area (Å²) in [5.74, 6) is -0.344. The van der Waals surface area contributed by atoms with Crippen LogP contribution in [0, 0.1) is 0 Å². The van der Waals surface area contributed by atoms with Crippen LogP contribution in [0.25, 0.3) is 0 Å². The summed E-state index contributed by atoms with van der Waals surface area (Å²) >= 11 is 4.38. The van der Waals surface area contributed by atoms with Crippen LogP contribution < -0.4 is 10.0 Å². The molecule has 0 saturated carbocycles. The Hall–Kier alpha value is -2.00. The van der Waals surface area contributed by atoms with Crippen LogP contribution >= 0.6 is 27.3 Å². The molecule has 0 aliphatic heterocycles. The summed E-state index contributed by atoms with van der Waals surface area (Å²) in [7, 11) is -3.80. The minimum atomic E-state index is -3.80. The summed E-state index contributed by atoms with van der Waals surface area (Å²) in [6.45, 7) is 0.431. The summed E-state index contributed by atoms with van der Waals surface area (Å²) in [5, 5.41) is 2.86. The van der Waals surface area contributed by atoms with E-state index in [-0.39, 0.29) is 16.5 Å². The molecule has 0 bridgehead atoms. The third-order valence-electron chi connectivity index (χ3n) is 4.27. The molecular weight excluding hydrogens is 472 g/mol. The van der Waals surface area contributed by atoms with Crippen LogP contribution in [0.5, 0.6) is 0 Å². The van der Waals surface area contributed by atoms with Gasteiger partial charge in [-0.15, -0.1) is 11.3 Å². The molecule has 1 aromatic heterocycles. The third-order valence-corrected chi connectivity index (χ3v) is 7.85. The highest BCUT2D eigenvalue weighted by molar-refractivity contribution is 9.11. The zero-order valence-corrected chi connectivity index (χ0v) is 18.8. The molecule has 0 spiro atoms. The van der Waals surface area contributed by atoms with Gasteiger partial charge in [0.2, 0.25) is 5.91 Å². The predicted octanol–water partition coefficient (Wildman–Crippen LogP) is 3.76. The summed E-state index contributed by atoms with van der Waals surface area (Å²) in [5.41, 5.74) is 1.99. The lowest BCUT2D eigenvalue weighted by Gasteiger charge is -2.18. The van der Waals surface area contributed by atoms with Gasteiger partial charge in [0.25, 0.3) is 10.0 Å². The Balaban J connectivity index is 1.70. The number of carbonyl (C=O) groups is 1. The van der Waals surface area contributed by atoms with Gasteiger partial charge in [0.15, 0.2) is 0 Å². The van der Waals surface area contributed by atoms with E-state index < -0.39 is 16.1 Å². The highest BCUT2D eigenvalue weighted by Gasteiger charge is 2.27. The molecule has 1 amide bonds. The number of benzene rings is 2. The van der Waals surface area contributed by atoms with Crippen molar-refractivity contribution in [3.05, 3.63) is 87.7 Å². The van der Waals surface area contributed by atoms with E-state index in [9.17, 15) is 13.2 Å². The van der Waals surface area contributed by atoms with Gasteiger partial charge in [-0.3, -0.25) is 4.79 Å². The van der Waals surface area contributed by atoms with Crippen molar-refractivity contribution in [2.45, 2.75) is 23.1 Å². The van der Waals surface area contributed by atoms with E-state index in [2.05, 4.69) is 26.0 Å². The van der Waals surface area contributed by atoms with E-state index in [1.54, 1.807) is 6.07 Å². The van der Waals surface area contributed by atoms with E-state index >= 15 is 0 Å². The summed E-state index contributed by atoms with van der Waals surface area (Å²) in [6.07, 6.45) is 0.943. The molecule has 152 valence electrons. The van der Waals surface area contributed by atoms with Crippen molar-refractivity contribution in [1.29, 1.82) is 0 Å². The number of rotatable bonds is 9. The lowest BCUT2D eigenvalue weighted by atomic mass is 10.1. The Kier molecular flexibility index (Phi) is 7.60. The van der Waals surface area contributed by atoms with Crippen LogP contribution in [0.3, 0.4) is 0 Å². The monoisotopic (exact) mass is 492 g/mol. The number of hydrogen-bond acceptors (Lipinski definition) is 4. The molecule has 3 aromatic rings. The predicted molar refractivity (Wildman–Crippen MR) is 119 cm³/mol. The van der Waals surface area contributed by atoms with E-state index in [0.717, 1.165) is 22.5 Å². The maximum atomic E-state index is 12.8. The molecule has 1 atom stereocenters. The number of halogens is 1. The molecule has 0 aliphatic carbocycles. The second kappa shape index (κ2) is 10.2. The molecule has 1 heterocycles. The molecule has 3 rings (SSSR count). The van der Waals surface area contributed by atoms with Crippen LogP contribution in [0.1, 0.15) is 11.1 Å². The van der Waals surface area contributed by atoms with Crippen LogP contribution in [0.4, 0.5) is 0 Å². The SMILES string of the molecule is O=C(NCCc1ccccc1)[C@@H](Cc1ccccc1)NS(=O)(=O)c1ccc(Br)s1. The van der Waals surface area contributed by atoms with Crippen molar-refractivity contribution in [2.24, 2.45) is 0 Å². The zero-order valence-electron chi connectivity index (χ0n) is 15.5. The first kappa shape index (κ1) is 21.7. The number of sulfonamides is 1. The standard InChI is InChI=1S/C21H21BrN2O3S2/c22-19-11-12-20(28-19)29(26,27)24-18(15-17-9-5-2-6-10-17)21(25)23-14-13-16-7-3-1-4-8-16/h1-12,18,24H,13-15H2,(H,23,25)/t18-/m1/s1. The third kappa shape index (κ3) is 6.50. The lowest BCUT2D eigenvalue weighted by molar-refractivity contribution is -0.122. The maximum Gasteiger partial charge on any atom is 0.250 e. The van der Waals surface area contributed by atoms with Gasteiger partial charge in [0.05, 0.1) is 3.79 Å². The van der Waals surface area contributed by atoms with Gasteiger partial charge in [-0.05, 0) is 52.0 Å². The van der Waals surface area contributed by atoms with Gasteiger partial charge in [-0.25, -0.2) is 8.42 Å². The van der Waals surface area contributed by atoms with Gasteiger partial charge >= 0.3 is 0 Å². The Labute approximate surface area is 183 Å². The van der Waals surface area contributed by atoms with E-state index in [0.29, 0.717) is 16.8 Å². The molecule has 2 aromatic carbocycles. The van der Waals surface area contributed by atoms with Gasteiger partial charge in [0, 0.05) is 6.54 Å². The Morgan fingerprint density at radius 3 is 2.14 bits per heavy atom. The number of carbonyl (C=O) groups excluding carboxylic acids is 1. The molecule has 0 fully saturated rings. The molecule has 29 heavy (non-hydrogen) atoms. The molecule has 0 saturated heterocycles. The zero-order chi connectivity index (χ0) is 20.7. The first-order valence-corrected chi connectivity index (χ1v) is 12.2. The fourth-order valence-corrected chi connectivity index (χ4v) is 6.05. The average Bonchev–Trinajstić information content (AvgIpc) is 3.16. The second-order valence-electron chi connectivity index (χ2n) is 6.45. The minimum Gasteiger partial charge on any atom is -0.354 e. The van der Waals surface area contributed by atoms with Crippen molar-refractivity contribution in [3.63, 3.8) is 0 Å². The number of amides is 1. The maximum absolute atomic E-state index is 12.8. The molecule has 0 unspecified atom stereocenters. The smallest absolute Gasteiger partial charge is 0.250 e. The first-order chi connectivity index (χ1) is 13.9. The molecular formula is C21H21BrN2O3S2. The fourth-order valence-electron chi connectivity index (χ4n) is 2.82. The largest absolute Gasteiger partial charge is 0.354 e. The highest BCUT2D eigenvalue weighted by atomic mass is 79.9. The van der Waals surface area contributed by atoms with Crippen LogP contribution in [-0.4, -0.2) is 26.9 Å². The second-order valence-corrected chi connectivity index (χ2v) is 10.9. The molecule has 5 nitrogen and oxygen atoms in total. The number of hydrogen-bond donors (Lipinski definition) is 2. The molecule has 0 radical (unpaired) electrons. The van der Waals surface area contributed by atoms with E-state index in [1.165, 1.54) is 6.07 Å². The minimum absolute atomic E-state index is 0.166. The van der Waals surface area contributed by atoms with Crippen molar-refractivity contribution >= 4 is 43.2 Å². The molecule has 2 N–H and O–H groups in total. The van der Waals surface area contributed by atoms with Crippen molar-refractivity contribution in [2.75, 3.05) is 6.54 Å². The lowest BCUT2D eigenvalue weighted by Crippen LogP contribution is -2.48. The molecule has 8 heteroatoms. The fraction of sp³-hybridized carbons (Fsp3) is 0.190. The Bertz CT molecular complexity index is 1040. The Morgan fingerprint density at radius 2 is 1.55 bits per heavy atom. The number of nitrogens with one attached hydrogen (secondary N) is 2. The van der Waals surface area contributed by atoms with Crippen LogP contribution in [0.15, 0.2) is 80.8 Å². The normalized spacial score (nSPS) is 12.4. The average molecular weight is 493 g/mol. The summed E-state index contributed by atoms with van der Waals surface area (Å²) in [6, 6.07) is 21.5. The van der Waals surface area contributed by atoms with E-state index in [4.69, 9.17) is 0 Å². The van der Waals surface area contributed by atoms with Gasteiger partial charge < -0.3 is 5.32 Å². The van der Waals surface area contributed by atoms with Crippen molar-refractivity contribution in [3.8, 4) is 0 Å². The summed E-state index contributed by atoms with van der Waals surface area (Å²) < 4.78 is 28.9. The topological polar surface area (TPSA) is 75.3 Å². The number of thiophene rings is 1. The Morgan fingerprint density at radius 1 is 0.931 bits per heavy atom. The van der Waals surface area contributed by atoms with Gasteiger partial charge in [-0.2, -0.15) is 4.72 Å². The highest BCUT2D eigenvalue weighted by Crippen LogP contribution is 2.26. The van der Waals surface area contributed by atoms with E-state index in [1.807, 2.05) is 60.7 Å². The molecule has 0 aliphatic rings. The van der Waals surface area contributed by atoms with Crippen molar-refractivity contribution in [1.82, 2.24) is 10.0 Å². The van der Waals surface area contributed by atoms with Crippen molar-refractivity contribution < 1.29 is 13.2 Å². The summed E-state index contributed by atoms with van der Waals surface area (Å²) in [4.78, 5) is 12.8. The van der Waals surface area contributed by atoms with Crippen LogP contribution in [-0.2, 0) is 27.7 Å². The first-order valence-electron chi connectivity index (χ1n) is 9.07. The van der Waals surface area contributed by atoms with Gasteiger partial charge in [0.1, 0.15) is 10.3 Å². The van der Waals surface area contributed by atoms with Gasteiger partial charge in [-0.1, -0.05) is 60.7 Å².